The van der Waals surface area contributed by atoms with Crippen LogP contribution in [0.3, 0.4) is 0 Å². The van der Waals surface area contributed by atoms with Crippen molar-refractivity contribution in [1.82, 2.24) is 0 Å². The molecule has 0 amide bonds. The number of fused-ring (bicyclic) bond motifs is 4. The third-order valence-corrected chi connectivity index (χ3v) is 11.7. The Morgan fingerprint density at radius 3 is 2.24 bits per heavy atom. The third kappa shape index (κ3) is 4.11. The predicted octanol–water partition coefficient (Wildman–Crippen LogP) is 9.51. The van der Waals surface area contributed by atoms with Gasteiger partial charge in [0.05, 0.1) is 6.10 Å². The molecule has 2 saturated carbocycles. The molecule has 0 aromatic carbocycles. The van der Waals surface area contributed by atoms with E-state index in [1.54, 1.807) is 0 Å². The fourth-order valence-corrected chi connectivity index (χ4v) is 9.47. The van der Waals surface area contributed by atoms with E-state index in [9.17, 15) is 5.11 Å². The molecule has 0 heterocycles. The van der Waals surface area contributed by atoms with Crippen LogP contribution in [0.15, 0.2) is 22.8 Å². The molecule has 0 unspecified atom stereocenters. The molecule has 0 aromatic rings. The highest BCUT2D eigenvalue weighted by Crippen LogP contribution is 2.72. The summed E-state index contributed by atoms with van der Waals surface area (Å²) in [5.41, 5.74) is 6.41. The Balaban J connectivity index is 0.00000149. The Morgan fingerprint density at radius 2 is 1.61 bits per heavy atom. The highest BCUT2D eigenvalue weighted by molar-refractivity contribution is 5.38. The van der Waals surface area contributed by atoms with E-state index < -0.39 is 0 Å². The Labute approximate surface area is 206 Å². The summed E-state index contributed by atoms with van der Waals surface area (Å²) in [7, 11) is 0. The van der Waals surface area contributed by atoms with E-state index in [2.05, 4.69) is 61.5 Å². The molecule has 1 nitrogen and oxygen atoms in total. The van der Waals surface area contributed by atoms with Crippen LogP contribution in [0.5, 0.6) is 0 Å². The average molecular weight is 457 g/mol. The van der Waals surface area contributed by atoms with E-state index in [4.69, 9.17) is 0 Å². The van der Waals surface area contributed by atoms with E-state index in [1.807, 2.05) is 25.0 Å². The van der Waals surface area contributed by atoms with Gasteiger partial charge < -0.3 is 5.11 Å². The third-order valence-electron chi connectivity index (χ3n) is 11.7. The van der Waals surface area contributed by atoms with Gasteiger partial charge in [-0.2, -0.15) is 0 Å². The second-order valence-corrected chi connectivity index (χ2v) is 13.6. The fourth-order valence-electron chi connectivity index (χ4n) is 9.47. The zero-order valence-corrected chi connectivity index (χ0v) is 23.9. The van der Waals surface area contributed by atoms with Gasteiger partial charge in [-0.05, 0) is 117 Å². The Hall–Kier alpha value is -0.560. The lowest BCUT2D eigenvalue weighted by molar-refractivity contribution is -0.0962. The van der Waals surface area contributed by atoms with Gasteiger partial charge in [0.2, 0.25) is 0 Å². The van der Waals surface area contributed by atoms with E-state index in [0.717, 1.165) is 18.3 Å². The van der Waals surface area contributed by atoms with Crippen LogP contribution in [-0.2, 0) is 0 Å². The Morgan fingerprint density at radius 1 is 0.939 bits per heavy atom. The van der Waals surface area contributed by atoms with E-state index in [-0.39, 0.29) is 11.5 Å². The van der Waals surface area contributed by atoms with Crippen LogP contribution >= 0.6 is 0 Å². The predicted molar refractivity (Wildman–Crippen MR) is 144 cm³/mol. The molecule has 7 atom stereocenters. The van der Waals surface area contributed by atoms with Gasteiger partial charge in [0, 0.05) is 0 Å². The molecule has 190 valence electrons. The van der Waals surface area contributed by atoms with Gasteiger partial charge >= 0.3 is 0 Å². The summed E-state index contributed by atoms with van der Waals surface area (Å²) in [5.74, 6) is 2.32. The minimum atomic E-state index is -0.130. The van der Waals surface area contributed by atoms with Crippen LogP contribution in [0.1, 0.15) is 133 Å². The van der Waals surface area contributed by atoms with Crippen molar-refractivity contribution in [2.45, 2.75) is 140 Å². The second kappa shape index (κ2) is 9.48. The molecule has 1 N–H and O–H groups in total. The van der Waals surface area contributed by atoms with Crippen LogP contribution in [0.2, 0.25) is 0 Å². The first-order valence-electron chi connectivity index (χ1n) is 14.4. The van der Waals surface area contributed by atoms with Gasteiger partial charge in [-0.1, -0.05) is 78.2 Å². The largest absolute Gasteiger partial charge is 0.393 e. The van der Waals surface area contributed by atoms with Crippen molar-refractivity contribution in [2.75, 3.05) is 0 Å². The summed E-state index contributed by atoms with van der Waals surface area (Å²) < 4.78 is 0. The number of hydrogen-bond acceptors (Lipinski definition) is 1. The van der Waals surface area contributed by atoms with Crippen molar-refractivity contribution < 1.29 is 5.11 Å². The first kappa shape index (κ1) is 27.0. The molecule has 4 aliphatic rings. The molecular formula is C32H56O. The van der Waals surface area contributed by atoms with Gasteiger partial charge in [-0.25, -0.2) is 0 Å². The standard InChI is InChI=1S/C30H50O.C2H6/c1-20(2)10-9-11-21(3)22-14-18-30(8)24-12-13-25-27(4,5)26(31)16-17-28(25,6)23(24)15-19-29(22,30)7;1-2/h10,21-22,25-26,31H,9,11-19H2,1-8H3;1-2H3/t21-,22-,25+,26+,28-,29-,30+;/m1./s1. The van der Waals surface area contributed by atoms with Crippen molar-refractivity contribution in [3.05, 3.63) is 22.8 Å². The molecule has 0 aliphatic heterocycles. The highest BCUT2D eigenvalue weighted by Gasteiger charge is 2.63. The van der Waals surface area contributed by atoms with Crippen molar-refractivity contribution in [1.29, 1.82) is 0 Å². The van der Waals surface area contributed by atoms with E-state index in [0.29, 0.717) is 22.2 Å². The summed E-state index contributed by atoms with van der Waals surface area (Å²) in [6, 6.07) is 0. The first-order valence-corrected chi connectivity index (χ1v) is 14.4. The van der Waals surface area contributed by atoms with Crippen LogP contribution in [0, 0.1) is 39.4 Å². The van der Waals surface area contributed by atoms with E-state index in [1.165, 1.54) is 63.4 Å². The van der Waals surface area contributed by atoms with Crippen molar-refractivity contribution in [2.24, 2.45) is 39.4 Å². The van der Waals surface area contributed by atoms with Gasteiger partial charge in [-0.3, -0.25) is 0 Å². The van der Waals surface area contributed by atoms with Gasteiger partial charge in [-0.15, -0.1) is 0 Å². The van der Waals surface area contributed by atoms with Gasteiger partial charge in [0.25, 0.3) is 0 Å². The Kier molecular flexibility index (Phi) is 7.76. The van der Waals surface area contributed by atoms with Gasteiger partial charge in [0.15, 0.2) is 0 Å². The lowest BCUT2D eigenvalue weighted by Gasteiger charge is -2.62. The monoisotopic (exact) mass is 456 g/mol. The van der Waals surface area contributed by atoms with Crippen molar-refractivity contribution >= 4 is 0 Å². The zero-order valence-electron chi connectivity index (χ0n) is 23.9. The molecule has 4 aliphatic carbocycles. The maximum absolute atomic E-state index is 10.8. The minimum absolute atomic E-state index is 0.0465. The lowest BCUT2D eigenvalue weighted by atomic mass is 9.43. The normalized spacial score (nSPS) is 42.3. The molecule has 0 saturated heterocycles. The Bertz CT molecular complexity index is 767. The summed E-state index contributed by atoms with van der Waals surface area (Å²) in [6.07, 6.45) is 15.2. The molecule has 33 heavy (non-hydrogen) atoms. The maximum Gasteiger partial charge on any atom is 0.0594 e. The number of hydrogen-bond donors (Lipinski definition) is 1. The average Bonchev–Trinajstić information content (AvgIpc) is 3.04. The van der Waals surface area contributed by atoms with Crippen molar-refractivity contribution in [3.8, 4) is 0 Å². The van der Waals surface area contributed by atoms with Crippen LogP contribution < -0.4 is 0 Å². The summed E-state index contributed by atoms with van der Waals surface area (Å²) in [4.78, 5) is 0. The molecule has 1 heteroatoms. The molecule has 0 radical (unpaired) electrons. The topological polar surface area (TPSA) is 20.2 Å². The quantitative estimate of drug-likeness (QED) is 0.417. The summed E-state index contributed by atoms with van der Waals surface area (Å²) in [5, 5.41) is 10.8. The number of aliphatic hydroxyl groups is 1. The summed E-state index contributed by atoms with van der Waals surface area (Å²) in [6.45, 7) is 23.6. The first-order chi connectivity index (χ1) is 15.4. The minimum Gasteiger partial charge on any atom is -0.393 e. The molecule has 0 bridgehead atoms. The number of aliphatic hydroxyl groups excluding tert-OH is 1. The number of rotatable bonds is 4. The fraction of sp³-hybridized carbons (Fsp3) is 0.875. The summed E-state index contributed by atoms with van der Waals surface area (Å²) >= 11 is 0. The highest BCUT2D eigenvalue weighted by atomic mass is 16.3. The smallest absolute Gasteiger partial charge is 0.0594 e. The second-order valence-electron chi connectivity index (χ2n) is 13.6. The SMILES string of the molecule is CC.CC(C)=CCC[C@@H](C)[C@H]1CC[C@@]2(C)C3=C(CC[C@]12C)[C@@]1(C)CC[C@H](O)C(C)(C)[C@@H]1CC3. The molecule has 4 rings (SSSR count). The molecular weight excluding hydrogens is 400 g/mol. The van der Waals surface area contributed by atoms with Crippen LogP contribution in [0.25, 0.3) is 0 Å². The molecule has 2 fully saturated rings. The van der Waals surface area contributed by atoms with Crippen LogP contribution in [0.4, 0.5) is 0 Å². The molecule has 0 aromatic heterocycles. The number of allylic oxidation sites excluding steroid dienone is 4. The van der Waals surface area contributed by atoms with Crippen molar-refractivity contribution in [3.63, 3.8) is 0 Å². The van der Waals surface area contributed by atoms with Gasteiger partial charge in [0.1, 0.15) is 0 Å². The van der Waals surface area contributed by atoms with E-state index >= 15 is 0 Å². The van der Waals surface area contributed by atoms with Crippen LogP contribution in [-0.4, -0.2) is 11.2 Å². The molecule has 0 spiro atoms. The maximum atomic E-state index is 10.8. The zero-order chi connectivity index (χ0) is 24.8. The lowest BCUT2D eigenvalue weighted by Crippen LogP contribution is -2.55.